The highest BCUT2D eigenvalue weighted by atomic mass is 35.5. The summed E-state index contributed by atoms with van der Waals surface area (Å²) in [4.78, 5) is 12.5. The molecule has 0 unspecified atom stereocenters. The molecule has 2 aromatic carbocycles. The molecular weight excluding hydrogens is 424 g/mol. The lowest BCUT2D eigenvalue weighted by Crippen LogP contribution is -2.18. The molecule has 1 aromatic heterocycles. The molecule has 1 heterocycles. The number of nitrogens with one attached hydrogen (secondary N) is 1. The van der Waals surface area contributed by atoms with Crippen LogP contribution in [0.5, 0.6) is 0 Å². The molecule has 30 heavy (non-hydrogen) atoms. The monoisotopic (exact) mass is 446 g/mol. The van der Waals surface area contributed by atoms with Crippen LogP contribution in [0.1, 0.15) is 28.8 Å². The zero-order valence-corrected chi connectivity index (χ0v) is 18.8. The lowest BCUT2D eigenvalue weighted by molar-refractivity contribution is -0.115. The normalized spacial score (nSPS) is 11.5. The van der Waals surface area contributed by atoms with Crippen LogP contribution in [0.4, 0.5) is 5.69 Å². The first kappa shape index (κ1) is 22.1. The van der Waals surface area contributed by atoms with E-state index in [1.165, 1.54) is 0 Å². The number of aromatic nitrogens is 1. The predicted octanol–water partition coefficient (Wildman–Crippen LogP) is 5.03. The summed E-state index contributed by atoms with van der Waals surface area (Å²) in [6.07, 6.45) is -0.168. The summed E-state index contributed by atoms with van der Waals surface area (Å²) < 4.78 is 31.3. The smallest absolute Gasteiger partial charge is 0.225 e. The maximum absolute atomic E-state index is 13.0. The molecule has 158 valence electrons. The van der Waals surface area contributed by atoms with Crippen LogP contribution < -0.4 is 5.32 Å². The molecule has 1 N–H and O–H groups in total. The molecule has 0 aliphatic rings. The number of anilines is 1. The van der Waals surface area contributed by atoms with E-state index >= 15 is 0 Å². The number of hydrogen-bond donors (Lipinski definition) is 1. The molecule has 0 atom stereocenters. The third-order valence-electron chi connectivity index (χ3n) is 5.08. The molecule has 0 saturated heterocycles. The van der Waals surface area contributed by atoms with E-state index in [2.05, 4.69) is 10.5 Å². The van der Waals surface area contributed by atoms with Crippen molar-refractivity contribution in [3.8, 4) is 11.3 Å². The topological polar surface area (TPSA) is 89.3 Å². The zero-order chi connectivity index (χ0) is 22.1. The molecule has 0 saturated carbocycles. The molecule has 0 radical (unpaired) electrons. The van der Waals surface area contributed by atoms with E-state index in [0.29, 0.717) is 27.6 Å². The van der Waals surface area contributed by atoms with Crippen LogP contribution in [0.15, 0.2) is 45.8 Å². The van der Waals surface area contributed by atoms with E-state index in [9.17, 15) is 13.2 Å². The van der Waals surface area contributed by atoms with Gasteiger partial charge in [0.25, 0.3) is 0 Å². The minimum Gasteiger partial charge on any atom is -0.356 e. The molecule has 8 heteroatoms. The van der Waals surface area contributed by atoms with Crippen LogP contribution in [0.2, 0.25) is 5.02 Å². The first-order valence-electron chi connectivity index (χ1n) is 9.42. The second kappa shape index (κ2) is 8.62. The number of benzene rings is 2. The standard InChI is InChI=1S/C22H23ClN2O4S/c1-13-8-9-17(22-14(2)16(4)25-29-22)12-20(13)30(27,28)11-10-21(26)24-19-7-5-6-18(23)15(19)3/h5-9,12H,10-11H2,1-4H3,(H,24,26). The fourth-order valence-electron chi connectivity index (χ4n) is 3.05. The third kappa shape index (κ3) is 4.57. The summed E-state index contributed by atoms with van der Waals surface area (Å²) in [6, 6.07) is 10.3. The first-order valence-corrected chi connectivity index (χ1v) is 11.4. The zero-order valence-electron chi connectivity index (χ0n) is 17.2. The van der Waals surface area contributed by atoms with Crippen molar-refractivity contribution in [2.75, 3.05) is 11.1 Å². The lowest BCUT2D eigenvalue weighted by Gasteiger charge is -2.11. The Bertz CT molecular complexity index is 1220. The average Bonchev–Trinajstić information content (AvgIpc) is 3.03. The fourth-order valence-corrected chi connectivity index (χ4v) is 4.77. The molecule has 0 spiro atoms. The average molecular weight is 447 g/mol. The van der Waals surface area contributed by atoms with Crippen LogP contribution in [0.25, 0.3) is 11.3 Å². The van der Waals surface area contributed by atoms with Gasteiger partial charge >= 0.3 is 0 Å². The van der Waals surface area contributed by atoms with Gasteiger partial charge < -0.3 is 9.84 Å². The van der Waals surface area contributed by atoms with Gasteiger partial charge in [0, 0.05) is 28.3 Å². The van der Waals surface area contributed by atoms with E-state index in [1.54, 1.807) is 50.2 Å². The first-order chi connectivity index (χ1) is 14.1. The Labute approximate surface area is 181 Å². The van der Waals surface area contributed by atoms with Crippen molar-refractivity contribution >= 4 is 33.0 Å². The Kier molecular flexibility index (Phi) is 6.33. The minimum absolute atomic E-state index is 0.168. The summed E-state index contributed by atoms with van der Waals surface area (Å²) >= 11 is 6.06. The van der Waals surface area contributed by atoms with Crippen molar-refractivity contribution in [1.82, 2.24) is 5.16 Å². The van der Waals surface area contributed by atoms with Gasteiger partial charge in [0.15, 0.2) is 15.6 Å². The summed E-state index contributed by atoms with van der Waals surface area (Å²) in [5.41, 5.74) is 4.16. The number of carbonyl (C=O) groups is 1. The Morgan fingerprint density at radius 2 is 1.83 bits per heavy atom. The second-order valence-corrected chi connectivity index (χ2v) is 9.72. The van der Waals surface area contributed by atoms with Crippen molar-refractivity contribution in [3.05, 3.63) is 63.8 Å². The highest BCUT2D eigenvalue weighted by Gasteiger charge is 2.21. The summed E-state index contributed by atoms with van der Waals surface area (Å²) in [5, 5.41) is 7.19. The van der Waals surface area contributed by atoms with E-state index in [0.717, 1.165) is 16.8 Å². The van der Waals surface area contributed by atoms with Gasteiger partial charge in [-0.15, -0.1) is 0 Å². The molecular formula is C22H23ClN2O4S. The number of sulfone groups is 1. The number of carbonyl (C=O) groups excluding carboxylic acids is 1. The van der Waals surface area contributed by atoms with Gasteiger partial charge in [0.2, 0.25) is 5.91 Å². The van der Waals surface area contributed by atoms with Crippen LogP contribution >= 0.6 is 11.6 Å². The Hall–Kier alpha value is -2.64. The van der Waals surface area contributed by atoms with Crippen molar-refractivity contribution < 1.29 is 17.7 Å². The summed E-state index contributed by atoms with van der Waals surface area (Å²) in [5.74, 6) is -0.158. The Balaban J connectivity index is 1.78. The van der Waals surface area contributed by atoms with E-state index in [4.69, 9.17) is 16.1 Å². The van der Waals surface area contributed by atoms with Gasteiger partial charge in [-0.1, -0.05) is 35.0 Å². The number of nitrogens with zero attached hydrogens (tertiary/aromatic N) is 1. The Morgan fingerprint density at radius 1 is 1.10 bits per heavy atom. The summed E-state index contributed by atoms with van der Waals surface area (Å²) in [7, 11) is -3.68. The van der Waals surface area contributed by atoms with E-state index < -0.39 is 9.84 Å². The van der Waals surface area contributed by atoms with Gasteiger partial charge in [0.1, 0.15) is 0 Å². The van der Waals surface area contributed by atoms with Crippen molar-refractivity contribution in [1.29, 1.82) is 0 Å². The summed E-state index contributed by atoms with van der Waals surface area (Å²) in [6.45, 7) is 7.22. The molecule has 0 fully saturated rings. The molecule has 0 aliphatic carbocycles. The number of rotatable bonds is 6. The molecule has 1 amide bonds. The number of halogens is 1. The van der Waals surface area contributed by atoms with Gasteiger partial charge in [0.05, 0.1) is 16.3 Å². The van der Waals surface area contributed by atoms with E-state index in [-0.39, 0.29) is 23.0 Å². The molecule has 0 aliphatic heterocycles. The van der Waals surface area contributed by atoms with Crippen LogP contribution in [0, 0.1) is 27.7 Å². The SMILES string of the molecule is Cc1ccc(-c2onc(C)c2C)cc1S(=O)(=O)CCC(=O)Nc1cccc(Cl)c1C. The highest BCUT2D eigenvalue weighted by Crippen LogP contribution is 2.29. The molecule has 0 bridgehead atoms. The number of amides is 1. The quantitative estimate of drug-likeness (QED) is 0.573. The van der Waals surface area contributed by atoms with Gasteiger partial charge in [-0.25, -0.2) is 8.42 Å². The lowest BCUT2D eigenvalue weighted by atomic mass is 10.1. The minimum atomic E-state index is -3.68. The van der Waals surface area contributed by atoms with Gasteiger partial charge in [-0.05, 0) is 57.0 Å². The fraction of sp³-hybridized carbons (Fsp3) is 0.273. The maximum Gasteiger partial charge on any atom is 0.225 e. The van der Waals surface area contributed by atoms with Crippen LogP contribution in [-0.2, 0) is 14.6 Å². The van der Waals surface area contributed by atoms with Gasteiger partial charge in [-0.2, -0.15) is 0 Å². The number of aryl methyl sites for hydroxylation is 2. The molecule has 3 aromatic rings. The highest BCUT2D eigenvalue weighted by molar-refractivity contribution is 7.91. The third-order valence-corrected chi connectivity index (χ3v) is 7.34. The maximum atomic E-state index is 13.0. The Morgan fingerprint density at radius 3 is 2.50 bits per heavy atom. The van der Waals surface area contributed by atoms with Gasteiger partial charge in [-0.3, -0.25) is 4.79 Å². The van der Waals surface area contributed by atoms with Crippen LogP contribution in [0.3, 0.4) is 0 Å². The predicted molar refractivity (Wildman–Crippen MR) is 118 cm³/mol. The molecule has 6 nitrogen and oxygen atoms in total. The van der Waals surface area contributed by atoms with Crippen molar-refractivity contribution in [2.24, 2.45) is 0 Å². The van der Waals surface area contributed by atoms with Crippen LogP contribution in [-0.4, -0.2) is 25.2 Å². The van der Waals surface area contributed by atoms with Crippen molar-refractivity contribution in [3.63, 3.8) is 0 Å². The largest absolute Gasteiger partial charge is 0.356 e. The second-order valence-electron chi connectivity index (χ2n) is 7.23. The molecule has 3 rings (SSSR count). The van der Waals surface area contributed by atoms with E-state index in [1.807, 2.05) is 13.8 Å². The van der Waals surface area contributed by atoms with Crippen molar-refractivity contribution in [2.45, 2.75) is 39.0 Å². The number of hydrogen-bond acceptors (Lipinski definition) is 5.